The largest absolute Gasteiger partial charge is 0.309 e. The van der Waals surface area contributed by atoms with Crippen LogP contribution in [-0.2, 0) is 0 Å². The second-order valence-corrected chi connectivity index (χ2v) is 14.8. The van der Waals surface area contributed by atoms with Crippen molar-refractivity contribution in [3.8, 4) is 28.2 Å². The molecule has 0 fully saturated rings. The van der Waals surface area contributed by atoms with Crippen molar-refractivity contribution in [1.29, 1.82) is 0 Å². The Balaban J connectivity index is 1.27. The van der Waals surface area contributed by atoms with E-state index in [1.165, 1.54) is 91.6 Å². The zero-order valence-corrected chi connectivity index (χ0v) is 28.8. The van der Waals surface area contributed by atoms with Crippen LogP contribution in [-0.4, -0.2) is 13.7 Å². The molecule has 3 nitrogen and oxygen atoms in total. The fraction of sp³-hybridized carbons (Fsp3) is 0. The molecule has 0 unspecified atom stereocenters. The Kier molecular flexibility index (Phi) is 5.65. The van der Waals surface area contributed by atoms with Crippen LogP contribution in [0.1, 0.15) is 0 Å². The summed E-state index contributed by atoms with van der Waals surface area (Å²) in [6.45, 7) is 0. The van der Waals surface area contributed by atoms with Crippen molar-refractivity contribution in [2.45, 2.75) is 0 Å². The number of benzene rings is 8. The highest BCUT2D eigenvalue weighted by Gasteiger charge is 2.26. The molecule has 0 spiro atoms. The summed E-state index contributed by atoms with van der Waals surface area (Å²) < 4.78 is 10.1. The maximum absolute atomic E-state index is 2.50. The molecule has 0 saturated carbocycles. The average molecular weight is 680 g/mol. The van der Waals surface area contributed by atoms with Crippen LogP contribution in [0, 0.1) is 0 Å². The summed E-state index contributed by atoms with van der Waals surface area (Å²) in [6, 6.07) is 64.6. The van der Waals surface area contributed by atoms with E-state index in [0.717, 1.165) is 11.4 Å². The van der Waals surface area contributed by atoms with E-state index in [1.54, 1.807) is 0 Å². The van der Waals surface area contributed by atoms with Crippen LogP contribution < -0.4 is 0 Å². The molecule has 0 saturated heterocycles. The molecule has 12 aromatic rings. The van der Waals surface area contributed by atoms with E-state index < -0.39 is 0 Å². The van der Waals surface area contributed by atoms with Crippen molar-refractivity contribution in [1.82, 2.24) is 13.7 Å². The summed E-state index contributed by atoms with van der Waals surface area (Å²) in [5.74, 6) is 0. The Hall–Kier alpha value is -6.62. The van der Waals surface area contributed by atoms with Gasteiger partial charge in [0.1, 0.15) is 0 Å². The van der Waals surface area contributed by atoms with Crippen LogP contribution >= 0.6 is 11.3 Å². The smallest absolute Gasteiger partial charge is 0.0562 e. The highest BCUT2D eigenvalue weighted by Crippen LogP contribution is 2.47. The number of rotatable bonds is 4. The maximum atomic E-state index is 2.50. The van der Waals surface area contributed by atoms with Crippen LogP contribution in [0.25, 0.3) is 103 Å². The predicted molar refractivity (Wildman–Crippen MR) is 221 cm³/mol. The zero-order chi connectivity index (χ0) is 33.9. The molecular weight excluding hydrogens is 651 g/mol. The SMILES string of the molecule is c1ccc(-c2cccc(-n3c4ccc5c6c4c4c3cccc4n(-c3ccccc3)c3cccc(c63)n5-c3ccc4sc5ccccc5c4c3)c2)cc1. The first-order chi connectivity index (χ1) is 25.8. The number of fused-ring (bicyclic) bond motifs is 3. The number of aromatic nitrogens is 3. The van der Waals surface area contributed by atoms with Gasteiger partial charge in [-0.15, -0.1) is 11.3 Å². The van der Waals surface area contributed by atoms with Gasteiger partial charge < -0.3 is 13.7 Å². The molecule has 0 radical (unpaired) electrons. The zero-order valence-electron chi connectivity index (χ0n) is 28.0. The minimum atomic E-state index is 1.15. The quantitative estimate of drug-likeness (QED) is 0.176. The normalized spacial score (nSPS) is 12.2. The van der Waals surface area contributed by atoms with E-state index in [2.05, 4.69) is 190 Å². The Morgan fingerprint density at radius 3 is 1.44 bits per heavy atom. The molecule has 4 aromatic heterocycles. The molecule has 0 N–H and O–H groups in total. The van der Waals surface area contributed by atoms with Crippen LogP contribution in [0.3, 0.4) is 0 Å². The van der Waals surface area contributed by atoms with Gasteiger partial charge in [0, 0.05) is 58.8 Å². The number of para-hydroxylation sites is 1. The summed E-state index contributed by atoms with van der Waals surface area (Å²) in [7, 11) is 0. The fourth-order valence-electron chi connectivity index (χ4n) is 8.88. The number of nitrogens with zero attached hydrogens (tertiary/aromatic N) is 3. The van der Waals surface area contributed by atoms with E-state index >= 15 is 0 Å². The minimum Gasteiger partial charge on any atom is -0.309 e. The molecule has 4 heteroatoms. The lowest BCUT2D eigenvalue weighted by Crippen LogP contribution is -1.98. The van der Waals surface area contributed by atoms with Gasteiger partial charge in [0.15, 0.2) is 0 Å². The van der Waals surface area contributed by atoms with Crippen LogP contribution in [0.15, 0.2) is 176 Å². The van der Waals surface area contributed by atoms with Crippen molar-refractivity contribution in [2.75, 3.05) is 0 Å². The first-order valence-corrected chi connectivity index (χ1v) is 18.6. The van der Waals surface area contributed by atoms with Gasteiger partial charge in [0.25, 0.3) is 0 Å². The summed E-state index contributed by atoms with van der Waals surface area (Å²) >= 11 is 1.87. The molecule has 8 aromatic carbocycles. The number of thiophene rings is 1. The lowest BCUT2D eigenvalue weighted by atomic mass is 10.0. The van der Waals surface area contributed by atoms with Crippen LogP contribution in [0.5, 0.6) is 0 Å². The molecule has 0 aliphatic carbocycles. The van der Waals surface area contributed by atoms with Gasteiger partial charge in [0.05, 0.1) is 33.1 Å². The average Bonchev–Trinajstić information content (AvgIpc) is 3.83. The summed E-state index contributed by atoms with van der Waals surface area (Å²) in [6.07, 6.45) is 0. The molecule has 52 heavy (non-hydrogen) atoms. The first kappa shape index (κ1) is 28.1. The van der Waals surface area contributed by atoms with Crippen molar-refractivity contribution in [2.24, 2.45) is 0 Å². The molecule has 4 heterocycles. The van der Waals surface area contributed by atoms with E-state index in [0.29, 0.717) is 0 Å². The van der Waals surface area contributed by atoms with Gasteiger partial charge in [-0.3, -0.25) is 0 Å². The van der Waals surface area contributed by atoms with Crippen molar-refractivity contribution in [3.63, 3.8) is 0 Å². The second kappa shape index (κ2) is 10.5. The predicted octanol–water partition coefficient (Wildman–Crippen LogP) is 13.3. The molecule has 0 bridgehead atoms. The second-order valence-electron chi connectivity index (χ2n) is 13.7. The minimum absolute atomic E-state index is 1.15. The lowest BCUT2D eigenvalue weighted by molar-refractivity contribution is 1.16. The molecular formula is C48H29N3S. The molecule has 0 aliphatic heterocycles. The molecule has 0 atom stereocenters. The Bertz CT molecular complexity index is 3340. The topological polar surface area (TPSA) is 14.8 Å². The molecule has 0 amide bonds. The van der Waals surface area contributed by atoms with Crippen molar-refractivity contribution in [3.05, 3.63) is 176 Å². The lowest BCUT2D eigenvalue weighted by Gasteiger charge is -2.14. The number of hydrogen-bond donors (Lipinski definition) is 0. The first-order valence-electron chi connectivity index (χ1n) is 17.8. The standard InChI is InChI=1S/C48H29N3S/c1-3-12-30(13-4-1)31-14-9-17-33(28-31)50-39-21-10-19-37-45(39)47-41(50)25-26-42-48(47)46-38(49(37)32-15-5-2-6-16-32)20-11-22-40(46)51(42)34-24-27-44-36(29-34)35-18-7-8-23-43(35)52-44/h1-29H. The Labute approximate surface area is 302 Å². The van der Waals surface area contributed by atoms with Crippen LogP contribution in [0.4, 0.5) is 0 Å². The van der Waals surface area contributed by atoms with Gasteiger partial charge in [-0.25, -0.2) is 0 Å². The Morgan fingerprint density at radius 2 is 0.769 bits per heavy atom. The van der Waals surface area contributed by atoms with E-state index in [9.17, 15) is 0 Å². The number of hydrogen-bond acceptors (Lipinski definition) is 1. The highest BCUT2D eigenvalue weighted by molar-refractivity contribution is 7.25. The molecule has 12 rings (SSSR count). The monoisotopic (exact) mass is 679 g/mol. The summed E-state index contributed by atoms with van der Waals surface area (Å²) in [5.41, 5.74) is 13.1. The maximum Gasteiger partial charge on any atom is 0.0562 e. The van der Waals surface area contributed by atoms with E-state index in [1.807, 2.05) is 11.3 Å². The third kappa shape index (κ3) is 3.74. The van der Waals surface area contributed by atoms with Gasteiger partial charge in [-0.2, -0.15) is 0 Å². The fourth-order valence-corrected chi connectivity index (χ4v) is 9.97. The van der Waals surface area contributed by atoms with Gasteiger partial charge in [-0.1, -0.05) is 91.0 Å². The highest BCUT2D eigenvalue weighted by atomic mass is 32.1. The summed E-state index contributed by atoms with van der Waals surface area (Å²) in [4.78, 5) is 0. The Morgan fingerprint density at radius 1 is 0.288 bits per heavy atom. The third-order valence-corrected chi connectivity index (χ3v) is 12.1. The van der Waals surface area contributed by atoms with E-state index in [4.69, 9.17) is 0 Å². The van der Waals surface area contributed by atoms with E-state index in [-0.39, 0.29) is 0 Å². The van der Waals surface area contributed by atoms with Crippen LogP contribution in [0.2, 0.25) is 0 Å². The molecule has 0 aliphatic rings. The van der Waals surface area contributed by atoms with Gasteiger partial charge in [-0.05, 0) is 96.1 Å². The van der Waals surface area contributed by atoms with Gasteiger partial charge >= 0.3 is 0 Å². The van der Waals surface area contributed by atoms with Gasteiger partial charge in [0.2, 0.25) is 0 Å². The molecule has 242 valence electrons. The summed E-state index contributed by atoms with van der Waals surface area (Å²) in [5, 5.41) is 7.76. The third-order valence-electron chi connectivity index (χ3n) is 11.0. The van der Waals surface area contributed by atoms with Crippen molar-refractivity contribution < 1.29 is 0 Å². The van der Waals surface area contributed by atoms with Crippen molar-refractivity contribution >= 4 is 86.2 Å².